The van der Waals surface area contributed by atoms with Crippen LogP contribution in [0.1, 0.15) is 25.7 Å². The Labute approximate surface area is 118 Å². The number of hydrogen-bond donors (Lipinski definition) is 2. The number of amides is 1. The normalized spacial score (nSPS) is 15.8. The second-order valence-electron chi connectivity index (χ2n) is 5.25. The largest absolute Gasteiger partial charge is 0.479 e. The van der Waals surface area contributed by atoms with Gasteiger partial charge >= 0.3 is 0 Å². The maximum atomic E-state index is 12.0. The van der Waals surface area contributed by atoms with Crippen LogP contribution in [0.2, 0.25) is 0 Å². The molecule has 106 valence electrons. The predicted molar refractivity (Wildman–Crippen MR) is 76.1 cm³/mol. The quantitative estimate of drug-likeness (QED) is 0.830. The predicted octanol–water partition coefficient (Wildman–Crippen LogP) is 2.05. The molecule has 5 nitrogen and oxygen atoms in total. The number of ether oxygens (including phenoxy) is 1. The highest BCUT2D eigenvalue weighted by molar-refractivity contribution is 5.91. The maximum Gasteiger partial charge on any atom is 0.224 e. The summed E-state index contributed by atoms with van der Waals surface area (Å²) in [6, 6.07) is 8.90. The Morgan fingerprint density at radius 3 is 2.60 bits per heavy atom. The molecular formula is C15H19N3O2. The Hall–Kier alpha value is -2.06. The number of carbonyl (C=O) groups is 1. The van der Waals surface area contributed by atoms with Crippen molar-refractivity contribution in [1.29, 1.82) is 5.26 Å². The summed E-state index contributed by atoms with van der Waals surface area (Å²) in [4.78, 5) is 12.0. The van der Waals surface area contributed by atoms with Gasteiger partial charge in [0.1, 0.15) is 11.8 Å². The van der Waals surface area contributed by atoms with E-state index in [0.29, 0.717) is 18.7 Å². The lowest BCUT2D eigenvalue weighted by Crippen LogP contribution is -2.40. The lowest BCUT2D eigenvalue weighted by atomic mass is 9.66. The minimum absolute atomic E-state index is 0.000781. The fourth-order valence-electron chi connectivity index (χ4n) is 2.43. The maximum absolute atomic E-state index is 12.0. The van der Waals surface area contributed by atoms with Gasteiger partial charge in [-0.3, -0.25) is 4.79 Å². The van der Waals surface area contributed by atoms with E-state index in [-0.39, 0.29) is 17.9 Å². The van der Waals surface area contributed by atoms with Gasteiger partial charge in [0.25, 0.3) is 0 Å². The molecule has 1 aliphatic carbocycles. The Morgan fingerprint density at radius 1 is 1.40 bits per heavy atom. The molecule has 0 atom stereocenters. The van der Waals surface area contributed by atoms with Crippen LogP contribution in [0.15, 0.2) is 24.3 Å². The van der Waals surface area contributed by atoms with Crippen molar-refractivity contribution in [2.24, 2.45) is 11.1 Å². The highest BCUT2D eigenvalue weighted by atomic mass is 16.5. The zero-order chi connectivity index (χ0) is 14.4. The first kappa shape index (κ1) is 14.4. The fourth-order valence-corrected chi connectivity index (χ4v) is 2.43. The molecule has 0 saturated heterocycles. The third kappa shape index (κ3) is 3.49. The summed E-state index contributed by atoms with van der Waals surface area (Å²) in [7, 11) is 0. The first-order valence-corrected chi connectivity index (χ1v) is 6.77. The molecule has 0 unspecified atom stereocenters. The molecule has 2 rings (SSSR count). The van der Waals surface area contributed by atoms with Crippen LogP contribution in [0.4, 0.5) is 5.69 Å². The van der Waals surface area contributed by atoms with Crippen LogP contribution >= 0.6 is 0 Å². The highest BCUT2D eigenvalue weighted by Gasteiger charge is 2.37. The van der Waals surface area contributed by atoms with Crippen molar-refractivity contribution in [1.82, 2.24) is 0 Å². The highest BCUT2D eigenvalue weighted by Crippen LogP contribution is 2.43. The van der Waals surface area contributed by atoms with E-state index in [0.717, 1.165) is 24.9 Å². The Morgan fingerprint density at radius 2 is 2.10 bits per heavy atom. The van der Waals surface area contributed by atoms with E-state index in [1.165, 1.54) is 0 Å². The van der Waals surface area contributed by atoms with Crippen LogP contribution in [0.3, 0.4) is 0 Å². The smallest absolute Gasteiger partial charge is 0.224 e. The molecule has 3 N–H and O–H groups in total. The van der Waals surface area contributed by atoms with E-state index in [4.69, 9.17) is 15.7 Å². The number of hydrogen-bond acceptors (Lipinski definition) is 4. The monoisotopic (exact) mass is 273 g/mol. The molecule has 0 radical (unpaired) electrons. The second kappa shape index (κ2) is 6.40. The molecule has 1 amide bonds. The molecule has 20 heavy (non-hydrogen) atoms. The van der Waals surface area contributed by atoms with Crippen LogP contribution < -0.4 is 15.8 Å². The van der Waals surface area contributed by atoms with Gasteiger partial charge in [-0.05, 0) is 49.1 Å². The molecule has 0 spiro atoms. The van der Waals surface area contributed by atoms with Crippen molar-refractivity contribution in [2.45, 2.75) is 25.7 Å². The van der Waals surface area contributed by atoms with E-state index >= 15 is 0 Å². The standard InChI is InChI=1S/C15H19N3O2/c16-8-9-20-13-4-2-12(3-5-13)18-14(19)10-15(11-17)6-1-7-15/h2-5H,1,6-7,9-11,17H2,(H,18,19). The van der Waals surface area contributed by atoms with Crippen molar-refractivity contribution in [3.8, 4) is 11.8 Å². The number of nitrogens with one attached hydrogen (secondary N) is 1. The van der Waals surface area contributed by atoms with Gasteiger partial charge in [-0.2, -0.15) is 5.26 Å². The van der Waals surface area contributed by atoms with Gasteiger partial charge in [-0.1, -0.05) is 6.42 Å². The molecule has 1 aromatic carbocycles. The summed E-state index contributed by atoms with van der Waals surface area (Å²) >= 11 is 0. The van der Waals surface area contributed by atoms with Gasteiger partial charge in [0, 0.05) is 12.1 Å². The molecule has 5 heteroatoms. The van der Waals surface area contributed by atoms with E-state index in [9.17, 15) is 4.79 Å². The first-order valence-electron chi connectivity index (χ1n) is 6.77. The van der Waals surface area contributed by atoms with Crippen LogP contribution in [0.5, 0.6) is 5.75 Å². The molecule has 0 aromatic heterocycles. The number of benzene rings is 1. The van der Waals surface area contributed by atoms with Gasteiger partial charge in [0.15, 0.2) is 6.61 Å². The van der Waals surface area contributed by atoms with Crippen LogP contribution in [0.25, 0.3) is 0 Å². The van der Waals surface area contributed by atoms with Gasteiger partial charge in [-0.25, -0.2) is 0 Å². The van der Waals surface area contributed by atoms with Crippen molar-refractivity contribution in [2.75, 3.05) is 18.5 Å². The molecule has 1 aromatic rings. The van der Waals surface area contributed by atoms with Crippen LogP contribution in [-0.2, 0) is 4.79 Å². The Kier molecular flexibility index (Phi) is 4.59. The molecule has 1 saturated carbocycles. The molecular weight excluding hydrogens is 254 g/mol. The minimum Gasteiger partial charge on any atom is -0.479 e. The molecule has 0 aliphatic heterocycles. The topological polar surface area (TPSA) is 88.1 Å². The Balaban J connectivity index is 1.86. The van der Waals surface area contributed by atoms with Crippen molar-refractivity contribution < 1.29 is 9.53 Å². The second-order valence-corrected chi connectivity index (χ2v) is 5.25. The molecule has 1 aliphatic rings. The summed E-state index contributed by atoms with van der Waals surface area (Å²) in [5, 5.41) is 11.3. The van der Waals surface area contributed by atoms with Crippen LogP contribution in [0, 0.1) is 16.7 Å². The average molecular weight is 273 g/mol. The van der Waals surface area contributed by atoms with Gasteiger partial charge < -0.3 is 15.8 Å². The fraction of sp³-hybridized carbons (Fsp3) is 0.467. The summed E-state index contributed by atoms with van der Waals surface area (Å²) in [5.41, 5.74) is 6.50. The number of nitrogens with zero attached hydrogens (tertiary/aromatic N) is 1. The van der Waals surface area contributed by atoms with E-state index < -0.39 is 0 Å². The summed E-state index contributed by atoms with van der Waals surface area (Å²) in [6.07, 6.45) is 3.72. The SMILES string of the molecule is N#CCOc1ccc(NC(=O)CC2(CN)CCC2)cc1. The minimum atomic E-state index is 0.000781. The van der Waals surface area contributed by atoms with E-state index in [2.05, 4.69) is 5.32 Å². The zero-order valence-electron chi connectivity index (χ0n) is 11.4. The number of nitriles is 1. The lowest BCUT2D eigenvalue weighted by Gasteiger charge is -2.40. The third-order valence-electron chi connectivity index (χ3n) is 3.82. The lowest BCUT2D eigenvalue weighted by molar-refractivity contribution is -0.119. The molecule has 0 heterocycles. The first-order chi connectivity index (χ1) is 9.67. The van der Waals surface area contributed by atoms with Gasteiger partial charge in [0.05, 0.1) is 0 Å². The summed E-state index contributed by atoms with van der Waals surface area (Å²) < 4.78 is 5.15. The summed E-state index contributed by atoms with van der Waals surface area (Å²) in [5.74, 6) is 0.614. The van der Waals surface area contributed by atoms with Gasteiger partial charge in [0.2, 0.25) is 5.91 Å². The Bertz CT molecular complexity index is 495. The third-order valence-corrected chi connectivity index (χ3v) is 3.82. The van der Waals surface area contributed by atoms with Crippen molar-refractivity contribution in [3.63, 3.8) is 0 Å². The number of rotatable bonds is 6. The van der Waals surface area contributed by atoms with Crippen molar-refractivity contribution in [3.05, 3.63) is 24.3 Å². The number of carbonyl (C=O) groups excluding carboxylic acids is 1. The zero-order valence-corrected chi connectivity index (χ0v) is 11.4. The van der Waals surface area contributed by atoms with E-state index in [1.54, 1.807) is 24.3 Å². The number of nitrogens with two attached hydrogens (primary N) is 1. The summed E-state index contributed by atoms with van der Waals surface area (Å²) in [6.45, 7) is 0.589. The van der Waals surface area contributed by atoms with E-state index in [1.807, 2.05) is 6.07 Å². The van der Waals surface area contributed by atoms with Gasteiger partial charge in [-0.15, -0.1) is 0 Å². The molecule has 0 bridgehead atoms. The average Bonchev–Trinajstić information content (AvgIpc) is 2.42. The van der Waals surface area contributed by atoms with Crippen molar-refractivity contribution >= 4 is 11.6 Å². The number of anilines is 1. The molecule has 1 fully saturated rings. The van der Waals surface area contributed by atoms with Crippen LogP contribution in [-0.4, -0.2) is 19.1 Å².